The van der Waals surface area contributed by atoms with Gasteiger partial charge in [-0.1, -0.05) is 17.7 Å². The topological polar surface area (TPSA) is 33.1 Å². The fraction of sp³-hybridized carbons (Fsp3) is 0.100. The summed E-state index contributed by atoms with van der Waals surface area (Å²) < 4.78 is 0. The quantitative estimate of drug-likeness (QED) is 0.698. The van der Waals surface area contributed by atoms with E-state index >= 15 is 0 Å². The Labute approximate surface area is 80.8 Å². The summed E-state index contributed by atoms with van der Waals surface area (Å²) in [6.07, 6.45) is 0. The zero-order valence-corrected chi connectivity index (χ0v) is 7.84. The first-order valence-electron chi connectivity index (χ1n) is 3.93. The second-order valence-corrected chi connectivity index (χ2v) is 3.31. The summed E-state index contributed by atoms with van der Waals surface area (Å²) in [6, 6.07) is 7.13. The molecule has 1 N–H and O–H groups in total. The van der Waals surface area contributed by atoms with Gasteiger partial charge in [-0.25, -0.2) is 4.98 Å². The molecule has 0 aliphatic rings. The molecule has 0 fully saturated rings. The molecule has 0 aliphatic heterocycles. The van der Waals surface area contributed by atoms with E-state index in [2.05, 4.69) is 4.98 Å². The van der Waals surface area contributed by atoms with Crippen LogP contribution in [-0.2, 0) is 0 Å². The number of halogens is 1. The maximum atomic E-state index is 9.42. The number of hydrogen-bond acceptors (Lipinski definition) is 2. The van der Waals surface area contributed by atoms with Crippen LogP contribution in [-0.4, -0.2) is 10.1 Å². The maximum Gasteiger partial charge on any atom is 0.137 e. The average molecular weight is 194 g/mol. The molecule has 0 spiro atoms. The number of fused-ring (bicyclic) bond motifs is 1. The van der Waals surface area contributed by atoms with E-state index in [1.807, 2.05) is 12.1 Å². The predicted octanol–water partition coefficient (Wildman–Crippen LogP) is 2.90. The molecule has 0 saturated carbocycles. The van der Waals surface area contributed by atoms with Crippen LogP contribution in [0.1, 0.15) is 5.69 Å². The van der Waals surface area contributed by atoms with Crippen molar-refractivity contribution in [2.45, 2.75) is 6.92 Å². The minimum Gasteiger partial charge on any atom is -0.506 e. The number of rotatable bonds is 0. The van der Waals surface area contributed by atoms with Crippen LogP contribution in [0.25, 0.3) is 10.9 Å². The van der Waals surface area contributed by atoms with Gasteiger partial charge in [0, 0.05) is 5.39 Å². The minimum absolute atomic E-state index is 0.181. The summed E-state index contributed by atoms with van der Waals surface area (Å²) in [5.74, 6) is 0.181. The highest BCUT2D eigenvalue weighted by atomic mass is 35.5. The van der Waals surface area contributed by atoms with Gasteiger partial charge in [-0.3, -0.25) is 0 Å². The van der Waals surface area contributed by atoms with Crippen LogP contribution in [0.15, 0.2) is 24.3 Å². The standard InChI is InChI=1S/C10H8ClNO/c1-6-10(13)5-7-8(11)3-2-4-9(7)12-6/h2-5,13H,1H3. The first-order chi connectivity index (χ1) is 6.18. The van der Waals surface area contributed by atoms with Gasteiger partial charge in [0.1, 0.15) is 5.75 Å². The Hall–Kier alpha value is -1.28. The summed E-state index contributed by atoms with van der Waals surface area (Å²) in [5, 5.41) is 10.8. The van der Waals surface area contributed by atoms with Crippen molar-refractivity contribution in [3.8, 4) is 5.75 Å². The van der Waals surface area contributed by atoms with Crippen molar-refractivity contribution >= 4 is 22.5 Å². The van der Waals surface area contributed by atoms with Crippen molar-refractivity contribution < 1.29 is 5.11 Å². The molecule has 2 aromatic rings. The molecule has 1 aromatic carbocycles. The molecule has 2 rings (SSSR count). The lowest BCUT2D eigenvalue weighted by molar-refractivity contribution is 0.469. The Balaban J connectivity index is 2.89. The SMILES string of the molecule is Cc1nc2cccc(Cl)c2cc1O. The van der Waals surface area contributed by atoms with Crippen LogP contribution >= 0.6 is 11.6 Å². The molecular formula is C10H8ClNO. The number of aromatic hydroxyl groups is 1. The number of hydrogen-bond donors (Lipinski definition) is 1. The first kappa shape index (κ1) is 8.32. The van der Waals surface area contributed by atoms with Crippen molar-refractivity contribution in [1.82, 2.24) is 4.98 Å². The average Bonchev–Trinajstić information content (AvgIpc) is 2.09. The predicted molar refractivity (Wildman–Crippen MR) is 53.2 cm³/mol. The Morgan fingerprint density at radius 2 is 2.15 bits per heavy atom. The zero-order valence-electron chi connectivity index (χ0n) is 7.08. The van der Waals surface area contributed by atoms with Crippen molar-refractivity contribution in [3.05, 3.63) is 35.0 Å². The maximum absolute atomic E-state index is 9.42. The van der Waals surface area contributed by atoms with Crippen LogP contribution in [0.4, 0.5) is 0 Å². The van der Waals surface area contributed by atoms with E-state index in [1.165, 1.54) is 0 Å². The van der Waals surface area contributed by atoms with Crippen molar-refractivity contribution in [3.63, 3.8) is 0 Å². The minimum atomic E-state index is 0.181. The summed E-state index contributed by atoms with van der Waals surface area (Å²) in [7, 11) is 0. The summed E-state index contributed by atoms with van der Waals surface area (Å²) in [6.45, 7) is 1.76. The van der Waals surface area contributed by atoms with Crippen molar-refractivity contribution in [1.29, 1.82) is 0 Å². The van der Waals surface area contributed by atoms with E-state index in [-0.39, 0.29) is 5.75 Å². The summed E-state index contributed by atoms with van der Waals surface area (Å²) in [4.78, 5) is 4.20. The van der Waals surface area contributed by atoms with E-state index in [4.69, 9.17) is 11.6 Å². The summed E-state index contributed by atoms with van der Waals surface area (Å²) in [5.41, 5.74) is 1.43. The van der Waals surface area contributed by atoms with Gasteiger partial charge in [0.05, 0.1) is 16.2 Å². The molecule has 3 heteroatoms. The van der Waals surface area contributed by atoms with Gasteiger partial charge in [-0.15, -0.1) is 0 Å². The lowest BCUT2D eigenvalue weighted by atomic mass is 10.2. The van der Waals surface area contributed by atoms with Gasteiger partial charge in [-0.2, -0.15) is 0 Å². The molecule has 1 aromatic heterocycles. The highest BCUT2D eigenvalue weighted by molar-refractivity contribution is 6.35. The normalized spacial score (nSPS) is 10.6. The highest BCUT2D eigenvalue weighted by Crippen LogP contribution is 2.26. The monoisotopic (exact) mass is 193 g/mol. The molecule has 2 nitrogen and oxygen atoms in total. The largest absolute Gasteiger partial charge is 0.506 e. The van der Waals surface area contributed by atoms with Crippen LogP contribution < -0.4 is 0 Å². The summed E-state index contributed by atoms with van der Waals surface area (Å²) >= 11 is 5.93. The van der Waals surface area contributed by atoms with E-state index < -0.39 is 0 Å². The number of benzene rings is 1. The molecule has 0 radical (unpaired) electrons. The van der Waals surface area contributed by atoms with Crippen LogP contribution in [0, 0.1) is 6.92 Å². The third kappa shape index (κ3) is 1.33. The highest BCUT2D eigenvalue weighted by Gasteiger charge is 2.03. The van der Waals surface area contributed by atoms with E-state index in [0.29, 0.717) is 10.7 Å². The molecule has 1 heterocycles. The molecule has 0 unspecified atom stereocenters. The van der Waals surface area contributed by atoms with E-state index in [1.54, 1.807) is 19.1 Å². The molecule has 0 bridgehead atoms. The molecule has 0 amide bonds. The molecule has 13 heavy (non-hydrogen) atoms. The Kier molecular flexibility index (Phi) is 1.85. The molecular weight excluding hydrogens is 186 g/mol. The lowest BCUT2D eigenvalue weighted by Gasteiger charge is -2.02. The van der Waals surface area contributed by atoms with E-state index in [9.17, 15) is 5.11 Å². The van der Waals surface area contributed by atoms with E-state index in [0.717, 1.165) is 10.9 Å². The van der Waals surface area contributed by atoms with Crippen LogP contribution in [0.5, 0.6) is 5.75 Å². The number of pyridine rings is 1. The second kappa shape index (κ2) is 2.89. The molecule has 0 aliphatic carbocycles. The zero-order chi connectivity index (χ0) is 9.42. The van der Waals surface area contributed by atoms with Crippen LogP contribution in [0.2, 0.25) is 5.02 Å². The van der Waals surface area contributed by atoms with Gasteiger partial charge in [0.15, 0.2) is 0 Å². The number of aromatic nitrogens is 1. The lowest BCUT2D eigenvalue weighted by Crippen LogP contribution is -1.84. The fourth-order valence-corrected chi connectivity index (χ4v) is 1.47. The third-order valence-electron chi connectivity index (χ3n) is 1.97. The molecule has 0 saturated heterocycles. The van der Waals surface area contributed by atoms with Gasteiger partial charge in [0.25, 0.3) is 0 Å². The van der Waals surface area contributed by atoms with Crippen molar-refractivity contribution in [2.75, 3.05) is 0 Å². The van der Waals surface area contributed by atoms with Gasteiger partial charge < -0.3 is 5.11 Å². The number of aryl methyl sites for hydroxylation is 1. The third-order valence-corrected chi connectivity index (χ3v) is 2.30. The molecule has 0 atom stereocenters. The van der Waals surface area contributed by atoms with Crippen LogP contribution in [0.3, 0.4) is 0 Å². The second-order valence-electron chi connectivity index (χ2n) is 2.90. The molecule has 66 valence electrons. The Morgan fingerprint density at radius 1 is 1.38 bits per heavy atom. The first-order valence-corrected chi connectivity index (χ1v) is 4.31. The van der Waals surface area contributed by atoms with Gasteiger partial charge in [0.2, 0.25) is 0 Å². The number of nitrogens with zero attached hydrogens (tertiary/aromatic N) is 1. The Bertz CT molecular complexity index is 468. The van der Waals surface area contributed by atoms with Crippen molar-refractivity contribution in [2.24, 2.45) is 0 Å². The smallest absolute Gasteiger partial charge is 0.137 e. The van der Waals surface area contributed by atoms with Gasteiger partial charge in [-0.05, 0) is 25.1 Å². The van der Waals surface area contributed by atoms with Gasteiger partial charge >= 0.3 is 0 Å². The Morgan fingerprint density at radius 3 is 2.92 bits per heavy atom. The fourth-order valence-electron chi connectivity index (χ4n) is 1.25.